The fourth-order valence-electron chi connectivity index (χ4n) is 4.17. The van der Waals surface area contributed by atoms with Gasteiger partial charge in [0, 0.05) is 30.2 Å². The summed E-state index contributed by atoms with van der Waals surface area (Å²) in [5.74, 6) is -1.24. The molecular formula is C23H20ClN5O3. The maximum absolute atomic E-state index is 13.0. The molecule has 3 aromatic rings. The summed E-state index contributed by atoms with van der Waals surface area (Å²) >= 11 is 5.89. The predicted molar refractivity (Wildman–Crippen MR) is 122 cm³/mol. The number of aromatic amines is 1. The molecule has 9 heteroatoms. The lowest BCUT2D eigenvalue weighted by Crippen LogP contribution is -2.38. The number of H-pyrrole nitrogens is 1. The van der Waals surface area contributed by atoms with Crippen molar-refractivity contribution in [3.05, 3.63) is 80.6 Å². The van der Waals surface area contributed by atoms with Crippen LogP contribution in [0.5, 0.6) is 0 Å². The summed E-state index contributed by atoms with van der Waals surface area (Å²) < 4.78 is 0. The number of benzene rings is 2. The van der Waals surface area contributed by atoms with Gasteiger partial charge < -0.3 is 15.5 Å². The second-order valence-corrected chi connectivity index (χ2v) is 8.33. The first-order valence-electron chi connectivity index (χ1n) is 10.3. The van der Waals surface area contributed by atoms with E-state index in [0.29, 0.717) is 29.7 Å². The van der Waals surface area contributed by atoms with Gasteiger partial charge in [0.05, 0.1) is 11.5 Å². The molecule has 0 saturated carbocycles. The summed E-state index contributed by atoms with van der Waals surface area (Å²) in [4.78, 5) is 47.6. The average Bonchev–Trinajstić information content (AvgIpc) is 2.79. The lowest BCUT2D eigenvalue weighted by Gasteiger charge is -2.30. The van der Waals surface area contributed by atoms with Crippen molar-refractivity contribution < 1.29 is 9.59 Å². The Kier molecular flexibility index (Phi) is 5.14. The number of nitrogens with zero attached hydrogens (tertiary/aromatic N) is 2. The number of carbonyl (C=O) groups excluding carboxylic acids is 2. The van der Waals surface area contributed by atoms with Crippen molar-refractivity contribution in [1.82, 2.24) is 9.97 Å². The molecule has 162 valence electrons. The SMILES string of the molecule is O=C1CC(C(=O)Nc2ccc(Cl)cc2)c2c(nc(N3CCc4ccccc4C3)[nH]c2=O)N1. The van der Waals surface area contributed by atoms with Crippen molar-refractivity contribution in [1.29, 1.82) is 0 Å². The highest BCUT2D eigenvalue weighted by Gasteiger charge is 2.35. The molecule has 0 bridgehead atoms. The lowest BCUT2D eigenvalue weighted by atomic mass is 9.92. The minimum Gasteiger partial charge on any atom is -0.338 e. The van der Waals surface area contributed by atoms with Crippen LogP contribution in [0.15, 0.2) is 53.3 Å². The van der Waals surface area contributed by atoms with Crippen LogP contribution in [-0.4, -0.2) is 28.3 Å². The van der Waals surface area contributed by atoms with Crippen molar-refractivity contribution in [2.75, 3.05) is 22.1 Å². The second kappa shape index (κ2) is 8.12. The molecule has 1 atom stereocenters. The lowest BCUT2D eigenvalue weighted by molar-refractivity contribution is -0.123. The van der Waals surface area contributed by atoms with Crippen molar-refractivity contribution in [2.45, 2.75) is 25.3 Å². The van der Waals surface area contributed by atoms with Gasteiger partial charge in [-0.1, -0.05) is 35.9 Å². The Morgan fingerprint density at radius 3 is 2.62 bits per heavy atom. The smallest absolute Gasteiger partial charge is 0.258 e. The van der Waals surface area contributed by atoms with Gasteiger partial charge >= 0.3 is 0 Å². The summed E-state index contributed by atoms with van der Waals surface area (Å²) in [5.41, 5.74) is 2.71. The number of halogens is 1. The number of aromatic nitrogens is 2. The highest BCUT2D eigenvalue weighted by molar-refractivity contribution is 6.30. The Labute approximate surface area is 188 Å². The van der Waals surface area contributed by atoms with Crippen LogP contribution in [0.3, 0.4) is 0 Å². The van der Waals surface area contributed by atoms with E-state index in [-0.39, 0.29) is 23.7 Å². The summed E-state index contributed by atoms with van der Waals surface area (Å²) in [5, 5.41) is 5.95. The van der Waals surface area contributed by atoms with Crippen LogP contribution in [0.4, 0.5) is 17.5 Å². The number of anilines is 3. The molecule has 2 aromatic carbocycles. The molecule has 3 N–H and O–H groups in total. The molecule has 8 nitrogen and oxygen atoms in total. The summed E-state index contributed by atoms with van der Waals surface area (Å²) in [6.07, 6.45) is 0.697. The molecule has 0 spiro atoms. The minimum absolute atomic E-state index is 0.131. The normalized spacial score (nSPS) is 17.2. The number of rotatable bonds is 3. The molecule has 0 radical (unpaired) electrons. The van der Waals surface area contributed by atoms with E-state index in [1.54, 1.807) is 24.3 Å². The van der Waals surface area contributed by atoms with Crippen molar-refractivity contribution >= 4 is 40.9 Å². The Hall–Kier alpha value is -3.65. The van der Waals surface area contributed by atoms with E-state index in [0.717, 1.165) is 6.42 Å². The molecule has 1 aromatic heterocycles. The van der Waals surface area contributed by atoms with Crippen molar-refractivity contribution in [2.24, 2.45) is 0 Å². The molecule has 2 aliphatic rings. The van der Waals surface area contributed by atoms with E-state index in [2.05, 4.69) is 32.7 Å². The monoisotopic (exact) mass is 449 g/mol. The van der Waals surface area contributed by atoms with Crippen LogP contribution >= 0.6 is 11.6 Å². The van der Waals surface area contributed by atoms with Crippen LogP contribution in [0.1, 0.15) is 29.0 Å². The van der Waals surface area contributed by atoms with Gasteiger partial charge in [-0.15, -0.1) is 0 Å². The molecule has 5 rings (SSSR count). The van der Waals surface area contributed by atoms with Crippen LogP contribution in [0, 0.1) is 0 Å². The van der Waals surface area contributed by atoms with Crippen LogP contribution in [-0.2, 0) is 22.6 Å². The molecule has 2 aliphatic heterocycles. The van der Waals surface area contributed by atoms with Gasteiger partial charge in [-0.05, 0) is 41.8 Å². The van der Waals surface area contributed by atoms with Gasteiger partial charge in [0.25, 0.3) is 5.56 Å². The van der Waals surface area contributed by atoms with Crippen molar-refractivity contribution in [3.8, 4) is 0 Å². The quantitative estimate of drug-likeness (QED) is 0.569. The van der Waals surface area contributed by atoms with Gasteiger partial charge in [-0.25, -0.2) is 0 Å². The maximum Gasteiger partial charge on any atom is 0.258 e. The van der Waals surface area contributed by atoms with E-state index in [4.69, 9.17) is 11.6 Å². The standard InChI is InChI=1S/C23H20ClN5O3/c24-15-5-7-16(8-6-15)25-21(31)17-11-18(30)26-20-19(17)22(32)28-23(27-20)29-10-9-13-3-1-2-4-14(13)12-29/h1-8,17H,9-12H2,(H,25,31)(H2,26,27,28,30,32). The summed E-state index contributed by atoms with van der Waals surface area (Å²) in [6, 6.07) is 14.8. The number of hydrogen-bond acceptors (Lipinski definition) is 5. The van der Waals surface area contributed by atoms with E-state index in [9.17, 15) is 14.4 Å². The zero-order valence-electron chi connectivity index (χ0n) is 17.0. The molecular weight excluding hydrogens is 430 g/mol. The van der Waals surface area contributed by atoms with E-state index < -0.39 is 17.4 Å². The topological polar surface area (TPSA) is 107 Å². The molecule has 3 heterocycles. The highest BCUT2D eigenvalue weighted by atomic mass is 35.5. The average molecular weight is 450 g/mol. The molecule has 0 aliphatic carbocycles. The third kappa shape index (κ3) is 3.85. The van der Waals surface area contributed by atoms with E-state index in [1.165, 1.54) is 11.1 Å². The van der Waals surface area contributed by atoms with Gasteiger partial charge in [0.1, 0.15) is 5.82 Å². The summed E-state index contributed by atoms with van der Waals surface area (Å²) in [6.45, 7) is 1.29. The maximum atomic E-state index is 13.0. The fraction of sp³-hybridized carbons (Fsp3) is 0.217. The molecule has 0 saturated heterocycles. The van der Waals surface area contributed by atoms with Gasteiger partial charge in [0.15, 0.2) is 0 Å². The van der Waals surface area contributed by atoms with E-state index in [1.807, 2.05) is 17.0 Å². The van der Waals surface area contributed by atoms with Crippen LogP contribution < -0.4 is 21.1 Å². The zero-order chi connectivity index (χ0) is 22.2. The minimum atomic E-state index is -0.943. The first kappa shape index (κ1) is 20.3. The first-order chi connectivity index (χ1) is 15.5. The Morgan fingerprint density at radius 2 is 1.84 bits per heavy atom. The number of fused-ring (bicyclic) bond motifs is 2. The Morgan fingerprint density at radius 1 is 1.09 bits per heavy atom. The third-order valence-corrected chi connectivity index (χ3v) is 6.05. The number of amides is 2. The van der Waals surface area contributed by atoms with Gasteiger partial charge in [-0.2, -0.15) is 4.98 Å². The zero-order valence-corrected chi connectivity index (χ0v) is 17.8. The van der Waals surface area contributed by atoms with Gasteiger partial charge in [0.2, 0.25) is 17.8 Å². The van der Waals surface area contributed by atoms with Gasteiger partial charge in [-0.3, -0.25) is 19.4 Å². The van der Waals surface area contributed by atoms with E-state index >= 15 is 0 Å². The molecule has 32 heavy (non-hydrogen) atoms. The predicted octanol–water partition coefficient (Wildman–Crippen LogP) is 3.05. The largest absolute Gasteiger partial charge is 0.338 e. The molecule has 0 fully saturated rings. The molecule has 2 amide bonds. The Balaban J connectivity index is 1.44. The first-order valence-corrected chi connectivity index (χ1v) is 10.7. The highest BCUT2D eigenvalue weighted by Crippen LogP contribution is 2.31. The van der Waals surface area contributed by atoms with Crippen LogP contribution in [0.2, 0.25) is 5.02 Å². The van der Waals surface area contributed by atoms with Crippen molar-refractivity contribution in [3.63, 3.8) is 0 Å². The van der Waals surface area contributed by atoms with Crippen LogP contribution in [0.25, 0.3) is 0 Å². The number of nitrogens with one attached hydrogen (secondary N) is 3. The third-order valence-electron chi connectivity index (χ3n) is 5.80. The number of hydrogen-bond donors (Lipinski definition) is 3. The fourth-order valence-corrected chi connectivity index (χ4v) is 4.30. The summed E-state index contributed by atoms with van der Waals surface area (Å²) in [7, 11) is 0. The number of carbonyl (C=O) groups is 2. The second-order valence-electron chi connectivity index (χ2n) is 7.89. The Bertz CT molecular complexity index is 1270. The molecule has 1 unspecified atom stereocenters.